The molecule has 0 spiro atoms. The minimum absolute atomic E-state index is 0.0270. The van der Waals surface area contributed by atoms with Crippen molar-refractivity contribution in [3.8, 4) is 0 Å². The molecule has 0 saturated heterocycles. The highest BCUT2D eigenvalue weighted by Gasteiger charge is 2.07. The molecule has 0 aliphatic rings. The largest absolute Gasteiger partial charge is 0.435 e. The summed E-state index contributed by atoms with van der Waals surface area (Å²) in [6, 6.07) is 0. The number of carbonyl (C=O) groups excluding carboxylic acids is 2. The predicted octanol–water partition coefficient (Wildman–Crippen LogP) is 2.70. The van der Waals surface area contributed by atoms with Gasteiger partial charge in [-0.1, -0.05) is 0 Å². The maximum atomic E-state index is 11.1. The van der Waals surface area contributed by atoms with Gasteiger partial charge in [0.2, 0.25) is 0 Å². The highest BCUT2D eigenvalue weighted by atomic mass is 16.5. The number of rotatable bonds is 5. The fourth-order valence-electron chi connectivity index (χ4n) is 0.689. The molecular weight excluding hydrogens is 208 g/mol. The van der Waals surface area contributed by atoms with Gasteiger partial charge >= 0.3 is 11.9 Å². The van der Waals surface area contributed by atoms with E-state index in [0.29, 0.717) is 0 Å². The van der Waals surface area contributed by atoms with Crippen molar-refractivity contribution in [1.82, 2.24) is 0 Å². The Labute approximate surface area is 95.9 Å². The monoisotopic (exact) mass is 226 g/mol. The minimum Gasteiger partial charge on any atom is -0.435 e. The van der Waals surface area contributed by atoms with Gasteiger partial charge in [0.1, 0.15) is 0 Å². The molecule has 0 unspecified atom stereocenters. The van der Waals surface area contributed by atoms with Crippen molar-refractivity contribution < 1.29 is 19.1 Å². The summed E-state index contributed by atoms with van der Waals surface area (Å²) in [6.45, 7) is 7.26. The van der Waals surface area contributed by atoms with E-state index in [4.69, 9.17) is 9.47 Å². The molecule has 16 heavy (non-hydrogen) atoms. The quantitative estimate of drug-likeness (QED) is 0.534. The van der Waals surface area contributed by atoms with E-state index in [0.717, 1.165) is 11.1 Å². The van der Waals surface area contributed by atoms with Crippen LogP contribution in [0.4, 0.5) is 0 Å². The maximum Gasteiger partial charge on any atom is 0.311 e. The molecule has 0 atom stereocenters. The normalized spacial score (nSPS) is 9.00. The van der Waals surface area contributed by atoms with Crippen LogP contribution in [0.25, 0.3) is 0 Å². The molecular formula is C12H18O4. The summed E-state index contributed by atoms with van der Waals surface area (Å²) in [4.78, 5) is 22.2. The molecule has 0 aliphatic heterocycles. The Balaban J connectivity index is 3.80. The average Bonchev–Trinajstić information content (AvgIpc) is 2.20. The summed E-state index contributed by atoms with van der Waals surface area (Å²) in [6.07, 6.45) is 2.78. The van der Waals surface area contributed by atoms with Crippen LogP contribution in [0, 0.1) is 0 Å². The van der Waals surface area contributed by atoms with Crippen LogP contribution < -0.4 is 0 Å². The fraction of sp³-hybridized carbons (Fsp3) is 0.500. The average molecular weight is 226 g/mol. The van der Waals surface area contributed by atoms with E-state index in [-0.39, 0.29) is 12.8 Å². The van der Waals surface area contributed by atoms with Crippen LogP contribution >= 0.6 is 0 Å². The third-order valence-corrected chi connectivity index (χ3v) is 1.39. The third kappa shape index (κ3) is 8.99. The van der Waals surface area contributed by atoms with Crippen LogP contribution in [-0.2, 0) is 19.1 Å². The molecule has 0 bridgehead atoms. The standard InChI is InChI=1S/C12H18O4/c1-9(2)7-15-11(13)5-6-12(14)16-8-10(3)4/h7-8H,5-6H2,1-4H3. The van der Waals surface area contributed by atoms with Gasteiger partial charge in [0, 0.05) is 0 Å². The lowest BCUT2D eigenvalue weighted by Crippen LogP contribution is -2.06. The van der Waals surface area contributed by atoms with Crippen LogP contribution in [0.3, 0.4) is 0 Å². The molecule has 0 rings (SSSR count). The molecule has 0 amide bonds. The van der Waals surface area contributed by atoms with E-state index >= 15 is 0 Å². The van der Waals surface area contributed by atoms with Crippen LogP contribution in [0.1, 0.15) is 40.5 Å². The topological polar surface area (TPSA) is 52.6 Å². The van der Waals surface area contributed by atoms with Crippen molar-refractivity contribution in [3.05, 3.63) is 23.7 Å². The first-order valence-electron chi connectivity index (χ1n) is 5.07. The summed E-state index contributed by atoms with van der Waals surface area (Å²) in [5, 5.41) is 0. The Morgan fingerprint density at radius 3 is 1.38 bits per heavy atom. The molecule has 0 fully saturated rings. The number of hydrogen-bond acceptors (Lipinski definition) is 4. The molecule has 0 heterocycles. The van der Waals surface area contributed by atoms with Crippen molar-refractivity contribution in [2.45, 2.75) is 40.5 Å². The van der Waals surface area contributed by atoms with Gasteiger partial charge in [-0.05, 0) is 38.8 Å². The van der Waals surface area contributed by atoms with E-state index in [9.17, 15) is 9.59 Å². The van der Waals surface area contributed by atoms with Crippen molar-refractivity contribution in [1.29, 1.82) is 0 Å². The number of esters is 2. The molecule has 0 aromatic carbocycles. The lowest BCUT2D eigenvalue weighted by molar-refractivity contribution is -0.144. The first-order chi connectivity index (χ1) is 7.41. The van der Waals surface area contributed by atoms with Crippen LogP contribution in [-0.4, -0.2) is 11.9 Å². The van der Waals surface area contributed by atoms with Gasteiger partial charge in [0.15, 0.2) is 0 Å². The number of ether oxygens (including phenoxy) is 2. The summed E-state index contributed by atoms with van der Waals surface area (Å²) in [7, 11) is 0. The minimum atomic E-state index is -0.435. The van der Waals surface area contributed by atoms with Crippen molar-refractivity contribution in [2.24, 2.45) is 0 Å². The first kappa shape index (κ1) is 14.4. The highest BCUT2D eigenvalue weighted by Crippen LogP contribution is 2.00. The van der Waals surface area contributed by atoms with E-state index < -0.39 is 11.9 Å². The molecule has 4 heteroatoms. The van der Waals surface area contributed by atoms with Crippen LogP contribution in [0.15, 0.2) is 23.7 Å². The van der Waals surface area contributed by atoms with Crippen LogP contribution in [0.5, 0.6) is 0 Å². The first-order valence-corrected chi connectivity index (χ1v) is 5.07. The zero-order chi connectivity index (χ0) is 12.6. The third-order valence-electron chi connectivity index (χ3n) is 1.39. The summed E-state index contributed by atoms with van der Waals surface area (Å²) < 4.78 is 9.51. The van der Waals surface area contributed by atoms with E-state index in [2.05, 4.69) is 0 Å². The van der Waals surface area contributed by atoms with Gasteiger partial charge in [-0.2, -0.15) is 0 Å². The summed E-state index contributed by atoms with van der Waals surface area (Å²) >= 11 is 0. The van der Waals surface area contributed by atoms with Gasteiger partial charge in [-0.25, -0.2) is 0 Å². The van der Waals surface area contributed by atoms with Crippen molar-refractivity contribution >= 4 is 11.9 Å². The van der Waals surface area contributed by atoms with Crippen molar-refractivity contribution in [2.75, 3.05) is 0 Å². The second-order valence-corrected chi connectivity index (χ2v) is 3.87. The lowest BCUT2D eigenvalue weighted by atomic mass is 10.3. The molecule has 0 aromatic heterocycles. The Bertz CT molecular complexity index is 273. The zero-order valence-corrected chi connectivity index (χ0v) is 10.2. The highest BCUT2D eigenvalue weighted by molar-refractivity contribution is 5.78. The summed E-state index contributed by atoms with van der Waals surface area (Å²) in [5.41, 5.74) is 1.78. The summed E-state index contributed by atoms with van der Waals surface area (Å²) in [5.74, 6) is -0.870. The van der Waals surface area contributed by atoms with Gasteiger partial charge in [0.05, 0.1) is 25.4 Å². The fourth-order valence-corrected chi connectivity index (χ4v) is 0.689. The van der Waals surface area contributed by atoms with Crippen molar-refractivity contribution in [3.63, 3.8) is 0 Å². The second kappa shape index (κ2) is 7.68. The SMILES string of the molecule is CC(C)=COC(=O)CCC(=O)OC=C(C)C. The van der Waals surface area contributed by atoms with Crippen LogP contribution in [0.2, 0.25) is 0 Å². The van der Waals surface area contributed by atoms with E-state index in [1.165, 1.54) is 12.5 Å². The predicted molar refractivity (Wildman–Crippen MR) is 60.3 cm³/mol. The molecule has 0 saturated carbocycles. The molecule has 0 aromatic rings. The van der Waals surface area contributed by atoms with E-state index in [1.54, 1.807) is 0 Å². The van der Waals surface area contributed by atoms with Gasteiger partial charge in [0.25, 0.3) is 0 Å². The molecule has 0 N–H and O–H groups in total. The smallest absolute Gasteiger partial charge is 0.311 e. The number of allylic oxidation sites excluding steroid dienone is 2. The lowest BCUT2D eigenvalue weighted by Gasteiger charge is -2.00. The molecule has 90 valence electrons. The zero-order valence-electron chi connectivity index (χ0n) is 10.2. The van der Waals surface area contributed by atoms with Gasteiger partial charge in [-0.3, -0.25) is 9.59 Å². The second-order valence-electron chi connectivity index (χ2n) is 3.87. The Kier molecular flexibility index (Phi) is 6.92. The molecule has 4 nitrogen and oxygen atoms in total. The Morgan fingerprint density at radius 1 is 0.812 bits per heavy atom. The molecule has 0 radical (unpaired) electrons. The molecule has 0 aliphatic carbocycles. The van der Waals surface area contributed by atoms with E-state index in [1.807, 2.05) is 27.7 Å². The number of carbonyl (C=O) groups is 2. The number of hydrogen-bond donors (Lipinski definition) is 0. The Morgan fingerprint density at radius 2 is 1.12 bits per heavy atom. The Hall–Kier alpha value is -1.58. The van der Waals surface area contributed by atoms with Gasteiger partial charge in [-0.15, -0.1) is 0 Å². The maximum absolute atomic E-state index is 11.1. The van der Waals surface area contributed by atoms with Gasteiger partial charge < -0.3 is 9.47 Å².